The van der Waals surface area contributed by atoms with Gasteiger partial charge in [0.05, 0.1) is 0 Å². The Balaban J connectivity index is 2.55. The molecule has 0 spiro atoms. The van der Waals surface area contributed by atoms with E-state index >= 15 is 0 Å². The first-order valence-corrected chi connectivity index (χ1v) is 5.46. The molecule has 0 amide bonds. The molecule has 16 heavy (non-hydrogen) atoms. The fraction of sp³-hybridized carbons (Fsp3) is 0.167. The molecule has 0 aliphatic carbocycles. The summed E-state index contributed by atoms with van der Waals surface area (Å²) in [7, 11) is 0. The fourth-order valence-electron chi connectivity index (χ4n) is 1.62. The number of hydrogen-bond acceptors (Lipinski definition) is 2. The van der Waals surface area contributed by atoms with Crippen LogP contribution >= 0.6 is 12.2 Å². The van der Waals surface area contributed by atoms with Crippen LogP contribution in [0.3, 0.4) is 0 Å². The Kier molecular flexibility index (Phi) is 3.01. The summed E-state index contributed by atoms with van der Waals surface area (Å²) in [4.78, 5) is 0. The van der Waals surface area contributed by atoms with E-state index in [1.807, 2.05) is 22.8 Å². The van der Waals surface area contributed by atoms with Crippen LogP contribution in [0.2, 0.25) is 0 Å². The van der Waals surface area contributed by atoms with Crippen LogP contribution in [-0.4, -0.2) is 14.8 Å². The standard InChI is InChI=1S/C12H13N3S/c1-3-7-15-11(13-14-12(15)16)10-6-4-5-9(2)8-10/h3-6,8H,1,7H2,2H3,(H,14,16). The van der Waals surface area contributed by atoms with Gasteiger partial charge in [-0.05, 0) is 25.2 Å². The number of aromatic amines is 1. The van der Waals surface area contributed by atoms with Crippen molar-refractivity contribution in [3.8, 4) is 11.4 Å². The average molecular weight is 231 g/mol. The quantitative estimate of drug-likeness (QED) is 0.650. The second-order valence-corrected chi connectivity index (χ2v) is 4.01. The zero-order valence-corrected chi connectivity index (χ0v) is 9.92. The topological polar surface area (TPSA) is 33.6 Å². The van der Waals surface area contributed by atoms with Gasteiger partial charge in [0.1, 0.15) is 0 Å². The highest BCUT2D eigenvalue weighted by atomic mass is 32.1. The van der Waals surface area contributed by atoms with Gasteiger partial charge in [0.2, 0.25) is 0 Å². The summed E-state index contributed by atoms with van der Waals surface area (Å²) in [5.41, 5.74) is 2.27. The van der Waals surface area contributed by atoms with Crippen LogP contribution < -0.4 is 0 Å². The molecule has 82 valence electrons. The van der Waals surface area contributed by atoms with E-state index in [-0.39, 0.29) is 0 Å². The van der Waals surface area contributed by atoms with Crippen LogP contribution in [0, 0.1) is 11.7 Å². The van der Waals surface area contributed by atoms with Gasteiger partial charge in [-0.3, -0.25) is 9.67 Å². The van der Waals surface area contributed by atoms with Crippen molar-refractivity contribution in [2.24, 2.45) is 0 Å². The van der Waals surface area contributed by atoms with Crippen LogP contribution in [0.4, 0.5) is 0 Å². The van der Waals surface area contributed by atoms with E-state index in [1.54, 1.807) is 0 Å². The molecule has 0 aliphatic rings. The van der Waals surface area contributed by atoms with E-state index in [0.29, 0.717) is 11.3 Å². The number of hydrogen-bond donors (Lipinski definition) is 1. The van der Waals surface area contributed by atoms with Crippen molar-refractivity contribution in [2.75, 3.05) is 0 Å². The molecular weight excluding hydrogens is 218 g/mol. The summed E-state index contributed by atoms with van der Waals surface area (Å²) in [6.45, 7) is 6.44. The number of H-pyrrole nitrogens is 1. The maximum Gasteiger partial charge on any atom is 0.195 e. The summed E-state index contributed by atoms with van der Waals surface area (Å²) in [6.07, 6.45) is 1.81. The number of aryl methyl sites for hydroxylation is 1. The van der Waals surface area contributed by atoms with Gasteiger partial charge >= 0.3 is 0 Å². The van der Waals surface area contributed by atoms with Crippen molar-refractivity contribution < 1.29 is 0 Å². The van der Waals surface area contributed by atoms with Crippen molar-refractivity contribution in [2.45, 2.75) is 13.5 Å². The predicted molar refractivity (Wildman–Crippen MR) is 67.8 cm³/mol. The molecule has 1 aromatic carbocycles. The number of benzene rings is 1. The molecule has 0 unspecified atom stereocenters. The first kappa shape index (κ1) is 10.8. The number of allylic oxidation sites excluding steroid dienone is 1. The first-order chi connectivity index (χ1) is 7.72. The van der Waals surface area contributed by atoms with Gasteiger partial charge in [-0.25, -0.2) is 0 Å². The third-order valence-electron chi connectivity index (χ3n) is 2.35. The summed E-state index contributed by atoms with van der Waals surface area (Å²) < 4.78 is 2.55. The summed E-state index contributed by atoms with van der Waals surface area (Å²) >= 11 is 5.17. The van der Waals surface area contributed by atoms with Gasteiger partial charge in [-0.2, -0.15) is 5.10 Å². The number of nitrogens with one attached hydrogen (secondary N) is 1. The van der Waals surface area contributed by atoms with Gasteiger partial charge in [-0.15, -0.1) is 6.58 Å². The lowest BCUT2D eigenvalue weighted by atomic mass is 10.1. The first-order valence-electron chi connectivity index (χ1n) is 5.05. The normalized spacial score (nSPS) is 10.3. The van der Waals surface area contributed by atoms with Crippen molar-refractivity contribution in [1.82, 2.24) is 14.8 Å². The molecule has 0 fully saturated rings. The van der Waals surface area contributed by atoms with Crippen molar-refractivity contribution in [1.29, 1.82) is 0 Å². The van der Waals surface area contributed by atoms with Crippen LogP contribution in [0.1, 0.15) is 5.56 Å². The van der Waals surface area contributed by atoms with Gasteiger partial charge in [-0.1, -0.05) is 29.8 Å². The molecule has 2 aromatic rings. The van der Waals surface area contributed by atoms with E-state index in [2.05, 4.69) is 35.8 Å². The number of nitrogens with zero attached hydrogens (tertiary/aromatic N) is 2. The zero-order valence-electron chi connectivity index (χ0n) is 9.10. The van der Waals surface area contributed by atoms with E-state index in [0.717, 1.165) is 11.4 Å². The van der Waals surface area contributed by atoms with Gasteiger partial charge in [0, 0.05) is 12.1 Å². The minimum absolute atomic E-state index is 0.622. The predicted octanol–water partition coefficient (Wildman–Crippen LogP) is 3.10. The Hall–Kier alpha value is -1.68. The molecule has 0 atom stereocenters. The second kappa shape index (κ2) is 4.45. The van der Waals surface area contributed by atoms with Gasteiger partial charge in [0.25, 0.3) is 0 Å². The number of rotatable bonds is 3. The highest BCUT2D eigenvalue weighted by Crippen LogP contribution is 2.18. The van der Waals surface area contributed by atoms with Crippen LogP contribution in [0.5, 0.6) is 0 Å². The Morgan fingerprint density at radius 1 is 1.56 bits per heavy atom. The molecule has 0 aliphatic heterocycles. The van der Waals surface area contributed by atoms with Crippen molar-refractivity contribution in [3.05, 3.63) is 47.3 Å². The molecule has 3 nitrogen and oxygen atoms in total. The van der Waals surface area contributed by atoms with Crippen LogP contribution in [0.15, 0.2) is 36.9 Å². The van der Waals surface area contributed by atoms with Crippen molar-refractivity contribution >= 4 is 12.2 Å². The van der Waals surface area contributed by atoms with Gasteiger partial charge < -0.3 is 0 Å². The molecule has 1 heterocycles. The monoisotopic (exact) mass is 231 g/mol. The van der Waals surface area contributed by atoms with E-state index in [4.69, 9.17) is 12.2 Å². The molecular formula is C12H13N3S. The Bertz CT molecular complexity index is 566. The fourth-order valence-corrected chi connectivity index (χ4v) is 1.83. The molecule has 0 saturated heterocycles. The van der Waals surface area contributed by atoms with Crippen LogP contribution in [0.25, 0.3) is 11.4 Å². The largest absolute Gasteiger partial charge is 0.296 e. The molecule has 0 bridgehead atoms. The van der Waals surface area contributed by atoms with Gasteiger partial charge in [0.15, 0.2) is 10.6 Å². The van der Waals surface area contributed by atoms with E-state index in [9.17, 15) is 0 Å². The molecule has 0 saturated carbocycles. The summed E-state index contributed by atoms with van der Waals surface area (Å²) in [6, 6.07) is 8.19. The maximum absolute atomic E-state index is 5.17. The highest BCUT2D eigenvalue weighted by Gasteiger charge is 2.07. The lowest BCUT2D eigenvalue weighted by Crippen LogP contribution is -1.98. The Morgan fingerprint density at radius 3 is 3.06 bits per heavy atom. The Labute approximate surface area is 99.4 Å². The zero-order chi connectivity index (χ0) is 11.5. The van der Waals surface area contributed by atoms with Crippen molar-refractivity contribution in [3.63, 3.8) is 0 Å². The molecule has 2 rings (SSSR count). The highest BCUT2D eigenvalue weighted by molar-refractivity contribution is 7.71. The summed E-state index contributed by atoms with van der Waals surface area (Å²) in [5, 5.41) is 7.05. The minimum Gasteiger partial charge on any atom is -0.296 e. The van der Waals surface area contributed by atoms with Crippen LogP contribution in [-0.2, 0) is 6.54 Å². The molecule has 1 aromatic heterocycles. The minimum atomic E-state index is 0.622. The SMILES string of the molecule is C=CCn1c(-c2cccc(C)c2)n[nH]c1=S. The lowest BCUT2D eigenvalue weighted by molar-refractivity contribution is 0.814. The van der Waals surface area contributed by atoms with E-state index in [1.165, 1.54) is 5.56 Å². The Morgan fingerprint density at radius 2 is 2.38 bits per heavy atom. The van der Waals surface area contributed by atoms with E-state index < -0.39 is 0 Å². The second-order valence-electron chi connectivity index (χ2n) is 3.62. The average Bonchev–Trinajstić information content (AvgIpc) is 2.61. The maximum atomic E-state index is 5.17. The third-order valence-corrected chi connectivity index (χ3v) is 2.66. The third kappa shape index (κ3) is 1.97. The smallest absolute Gasteiger partial charge is 0.195 e. The summed E-state index contributed by atoms with van der Waals surface area (Å²) in [5.74, 6) is 0.855. The molecule has 4 heteroatoms. The number of aromatic nitrogens is 3. The molecule has 0 radical (unpaired) electrons. The lowest BCUT2D eigenvalue weighted by Gasteiger charge is -2.04. The molecule has 1 N–H and O–H groups in total.